The fraction of sp³-hybridized carbons (Fsp3) is 0.176. The molecule has 2 aromatic rings. The monoisotopic (exact) mass is 408 g/mol. The Labute approximate surface area is 155 Å². The van der Waals surface area contributed by atoms with E-state index in [1.54, 1.807) is 6.21 Å². The summed E-state index contributed by atoms with van der Waals surface area (Å²) in [5.74, 6) is 1.37. The van der Waals surface area contributed by atoms with Gasteiger partial charge >= 0.3 is 0 Å². The van der Waals surface area contributed by atoms with Crippen LogP contribution in [0.3, 0.4) is 0 Å². The Morgan fingerprint density at radius 3 is 2.62 bits per heavy atom. The van der Waals surface area contributed by atoms with Crippen molar-refractivity contribution in [2.45, 2.75) is 13.5 Å². The zero-order valence-corrected chi connectivity index (χ0v) is 15.6. The lowest BCUT2D eigenvalue weighted by molar-refractivity contribution is -0.499. The quantitative estimate of drug-likeness (QED) is 0.369. The number of halogens is 1. The molecular weight excluding hydrogens is 390 g/mol. The van der Waals surface area contributed by atoms with Gasteiger partial charge in [-0.1, -0.05) is 28.1 Å². The first-order valence-electron chi connectivity index (χ1n) is 7.36. The van der Waals surface area contributed by atoms with Crippen LogP contribution in [0.5, 0.6) is 11.5 Å². The number of ether oxygens (including phenoxy) is 2. The summed E-state index contributed by atoms with van der Waals surface area (Å²) in [6.07, 6.45) is 1.74. The van der Waals surface area contributed by atoms with Crippen molar-refractivity contribution in [3.63, 3.8) is 0 Å². The number of nitrogens with two attached hydrogens (primary N) is 1. The first-order chi connectivity index (χ1) is 11.6. The molecular formula is C17H19BrN3O2S+. The van der Waals surface area contributed by atoms with Crippen LogP contribution in [-0.4, -0.2) is 17.9 Å². The van der Waals surface area contributed by atoms with Gasteiger partial charge in [0.15, 0.2) is 17.7 Å². The maximum Gasteiger partial charge on any atom is 0.221 e. The van der Waals surface area contributed by atoms with Crippen molar-refractivity contribution in [2.75, 3.05) is 6.61 Å². The minimum atomic E-state index is 0.172. The summed E-state index contributed by atoms with van der Waals surface area (Å²) in [6, 6.07) is 13.7. The van der Waals surface area contributed by atoms with Gasteiger partial charge in [0.2, 0.25) is 5.11 Å². The summed E-state index contributed by atoms with van der Waals surface area (Å²) in [7, 11) is 0. The van der Waals surface area contributed by atoms with E-state index in [0.717, 1.165) is 15.6 Å². The molecule has 0 unspecified atom stereocenters. The van der Waals surface area contributed by atoms with E-state index in [1.807, 2.05) is 49.4 Å². The van der Waals surface area contributed by atoms with E-state index in [0.29, 0.717) is 24.7 Å². The third kappa shape index (κ3) is 5.82. The van der Waals surface area contributed by atoms with Crippen LogP contribution in [0, 0.1) is 0 Å². The predicted molar refractivity (Wildman–Crippen MR) is 102 cm³/mol. The molecule has 2 rings (SSSR count). The number of rotatable bonds is 7. The first-order valence-corrected chi connectivity index (χ1v) is 8.57. The zero-order valence-electron chi connectivity index (χ0n) is 13.2. The molecule has 0 atom stereocenters. The van der Waals surface area contributed by atoms with Crippen molar-refractivity contribution >= 4 is 39.5 Å². The molecule has 4 N–H and O–H groups in total. The summed E-state index contributed by atoms with van der Waals surface area (Å²) < 4.78 is 12.6. The average Bonchev–Trinajstić information content (AvgIpc) is 2.55. The maximum absolute atomic E-state index is 5.88. The zero-order chi connectivity index (χ0) is 17.4. The van der Waals surface area contributed by atoms with Crippen molar-refractivity contribution < 1.29 is 14.6 Å². The van der Waals surface area contributed by atoms with Crippen molar-refractivity contribution in [3.05, 3.63) is 58.1 Å². The summed E-state index contributed by atoms with van der Waals surface area (Å²) in [6.45, 7) is 2.95. The van der Waals surface area contributed by atoms with Gasteiger partial charge < -0.3 is 15.2 Å². The molecule has 7 heteroatoms. The summed E-state index contributed by atoms with van der Waals surface area (Å²) >= 11 is 8.14. The molecule has 0 aliphatic rings. The van der Waals surface area contributed by atoms with E-state index in [1.165, 1.54) is 0 Å². The lowest BCUT2D eigenvalue weighted by atomic mass is 10.2. The molecule has 0 aromatic heterocycles. The van der Waals surface area contributed by atoms with E-state index < -0.39 is 0 Å². The molecule has 0 heterocycles. The molecule has 5 nitrogen and oxygen atoms in total. The minimum Gasteiger partial charge on any atom is -0.490 e. The van der Waals surface area contributed by atoms with Crippen molar-refractivity contribution in [2.24, 2.45) is 5.73 Å². The maximum atomic E-state index is 5.88. The van der Waals surface area contributed by atoms with Crippen LogP contribution in [0.4, 0.5) is 0 Å². The van der Waals surface area contributed by atoms with Gasteiger partial charge in [-0.25, -0.2) is 0 Å². The van der Waals surface area contributed by atoms with Crippen LogP contribution in [0.15, 0.2) is 46.9 Å². The molecule has 0 aliphatic carbocycles. The summed E-state index contributed by atoms with van der Waals surface area (Å²) in [4.78, 5) is 0. The lowest BCUT2D eigenvalue weighted by Gasteiger charge is -2.12. The van der Waals surface area contributed by atoms with Crippen molar-refractivity contribution in [3.8, 4) is 11.5 Å². The Morgan fingerprint density at radius 1 is 1.21 bits per heavy atom. The number of hydrazone groups is 1. The van der Waals surface area contributed by atoms with Gasteiger partial charge in [0, 0.05) is 10.0 Å². The first kappa shape index (κ1) is 18.2. The van der Waals surface area contributed by atoms with Crippen LogP contribution in [-0.2, 0) is 6.61 Å². The van der Waals surface area contributed by atoms with Crippen LogP contribution in [0.1, 0.15) is 18.1 Å². The van der Waals surface area contributed by atoms with E-state index in [9.17, 15) is 0 Å². The van der Waals surface area contributed by atoms with Gasteiger partial charge in [0.25, 0.3) is 0 Å². The van der Waals surface area contributed by atoms with Gasteiger partial charge in [-0.3, -0.25) is 0 Å². The Balaban J connectivity index is 2.09. The average molecular weight is 409 g/mol. The van der Waals surface area contributed by atoms with Crippen LogP contribution in [0.25, 0.3) is 0 Å². The van der Waals surface area contributed by atoms with Gasteiger partial charge in [-0.2, -0.15) is 0 Å². The molecule has 24 heavy (non-hydrogen) atoms. The second-order valence-electron chi connectivity index (χ2n) is 4.83. The van der Waals surface area contributed by atoms with Crippen molar-refractivity contribution in [1.29, 1.82) is 0 Å². The second-order valence-corrected chi connectivity index (χ2v) is 6.19. The molecule has 0 spiro atoms. The summed E-state index contributed by atoms with van der Waals surface area (Å²) in [5, 5.41) is 2.98. The lowest BCUT2D eigenvalue weighted by Crippen LogP contribution is -2.82. The number of thiocarbonyl (C=S) groups is 1. The highest BCUT2D eigenvalue weighted by molar-refractivity contribution is 9.10. The topological polar surface area (TPSA) is 70.5 Å². The highest BCUT2D eigenvalue weighted by Crippen LogP contribution is 2.28. The number of hydrazine groups is 1. The summed E-state index contributed by atoms with van der Waals surface area (Å²) in [5.41, 5.74) is 9.97. The Bertz CT molecular complexity index is 720. The minimum absolute atomic E-state index is 0.172. The van der Waals surface area contributed by atoms with Gasteiger partial charge in [0.05, 0.1) is 6.61 Å². The number of hydrogen-bond acceptors (Lipinski definition) is 3. The normalized spacial score (nSPS) is 10.6. The Hall–Kier alpha value is -2.12. The third-order valence-electron chi connectivity index (χ3n) is 3.01. The second kappa shape index (κ2) is 9.24. The molecule has 0 amide bonds. The highest BCUT2D eigenvalue weighted by Gasteiger charge is 2.07. The SMILES string of the molecule is CCOc1cc(C=[NH+]NC(N)=S)ccc1OCc1ccc(Br)cc1. The number of benzene rings is 2. The standard InChI is InChI=1S/C17H18BrN3O2S/c1-2-22-16-9-13(10-20-21-17(19)24)5-8-15(16)23-11-12-3-6-14(18)7-4-12/h3-10H,2,11H2,1H3,(H3,19,21,24)/p+1. The van der Waals surface area contributed by atoms with E-state index in [2.05, 4.69) is 26.5 Å². The fourth-order valence-electron chi connectivity index (χ4n) is 1.93. The Morgan fingerprint density at radius 2 is 1.96 bits per heavy atom. The number of nitrogens with one attached hydrogen (secondary N) is 2. The van der Waals surface area contributed by atoms with E-state index in [-0.39, 0.29) is 5.11 Å². The molecule has 0 radical (unpaired) electrons. The molecule has 0 aliphatic heterocycles. The number of hydrogen-bond donors (Lipinski definition) is 3. The molecule has 0 saturated carbocycles. The molecule has 0 saturated heterocycles. The molecule has 0 bridgehead atoms. The molecule has 126 valence electrons. The Kier molecular flexibility index (Phi) is 7.02. The third-order valence-corrected chi connectivity index (χ3v) is 3.64. The van der Waals surface area contributed by atoms with E-state index >= 15 is 0 Å². The van der Waals surface area contributed by atoms with Crippen LogP contribution >= 0.6 is 28.1 Å². The molecule has 0 fully saturated rings. The van der Waals surface area contributed by atoms with Gasteiger partial charge in [-0.15, -0.1) is 10.5 Å². The van der Waals surface area contributed by atoms with Gasteiger partial charge in [0.1, 0.15) is 6.61 Å². The highest BCUT2D eigenvalue weighted by atomic mass is 79.9. The largest absolute Gasteiger partial charge is 0.490 e. The van der Waals surface area contributed by atoms with E-state index in [4.69, 9.17) is 27.4 Å². The molecule has 2 aromatic carbocycles. The van der Waals surface area contributed by atoms with Crippen molar-refractivity contribution in [1.82, 2.24) is 5.43 Å². The smallest absolute Gasteiger partial charge is 0.221 e. The predicted octanol–water partition coefficient (Wildman–Crippen LogP) is 1.67. The fourth-order valence-corrected chi connectivity index (χ4v) is 2.26. The van der Waals surface area contributed by atoms with Gasteiger partial charge in [-0.05, 0) is 55.0 Å². The van der Waals surface area contributed by atoms with Crippen LogP contribution in [0.2, 0.25) is 0 Å². The van der Waals surface area contributed by atoms with Crippen LogP contribution < -0.4 is 25.7 Å².